The number of carbonyl (C=O) groups is 3. The molecule has 2 N–H and O–H groups in total. The Balaban J connectivity index is 2.36. The van der Waals surface area contributed by atoms with Crippen LogP contribution in [-0.4, -0.2) is 53.6 Å². The van der Waals surface area contributed by atoms with E-state index in [1.807, 2.05) is 6.92 Å². The van der Waals surface area contributed by atoms with Crippen molar-refractivity contribution in [2.45, 2.75) is 26.3 Å². The molecule has 1 aliphatic heterocycles. The van der Waals surface area contributed by atoms with E-state index in [1.54, 1.807) is 6.92 Å². The molecule has 2 rings (SSSR count). The van der Waals surface area contributed by atoms with E-state index in [-0.39, 0.29) is 17.6 Å². The number of hydrogen-bond acceptors (Lipinski definition) is 3. The Morgan fingerprint density at radius 2 is 2.17 bits per heavy atom. The second kappa shape index (κ2) is 7.29. The SMILES string of the molecule is CCC(C)N(CC(=O)O)C(=O)c1cc(N2CCNC2=O)ccc1F. The molecular weight excluding hydrogens is 317 g/mol. The summed E-state index contributed by atoms with van der Waals surface area (Å²) in [4.78, 5) is 37.9. The van der Waals surface area contributed by atoms with Gasteiger partial charge in [0.2, 0.25) is 0 Å². The summed E-state index contributed by atoms with van der Waals surface area (Å²) in [5, 5.41) is 11.6. The lowest BCUT2D eigenvalue weighted by molar-refractivity contribution is -0.138. The van der Waals surface area contributed by atoms with Gasteiger partial charge >= 0.3 is 12.0 Å². The maximum atomic E-state index is 14.2. The van der Waals surface area contributed by atoms with Gasteiger partial charge in [0.15, 0.2) is 0 Å². The number of carbonyl (C=O) groups excluding carboxylic acids is 2. The Hall–Kier alpha value is -2.64. The predicted molar refractivity (Wildman–Crippen MR) is 85.6 cm³/mol. The monoisotopic (exact) mass is 337 g/mol. The van der Waals surface area contributed by atoms with E-state index in [9.17, 15) is 18.8 Å². The fraction of sp³-hybridized carbons (Fsp3) is 0.438. The molecule has 1 atom stereocenters. The van der Waals surface area contributed by atoms with Crippen molar-refractivity contribution in [1.29, 1.82) is 0 Å². The van der Waals surface area contributed by atoms with Gasteiger partial charge in [-0.25, -0.2) is 9.18 Å². The molecular formula is C16H20FN3O4. The maximum Gasteiger partial charge on any atom is 0.323 e. The molecule has 1 aromatic carbocycles. The van der Waals surface area contributed by atoms with Crippen LogP contribution in [0.5, 0.6) is 0 Å². The molecule has 0 aliphatic carbocycles. The number of nitrogens with zero attached hydrogens (tertiary/aromatic N) is 2. The van der Waals surface area contributed by atoms with E-state index in [2.05, 4.69) is 5.32 Å². The van der Waals surface area contributed by atoms with Gasteiger partial charge in [-0.15, -0.1) is 0 Å². The van der Waals surface area contributed by atoms with Crippen molar-refractivity contribution < 1.29 is 23.9 Å². The van der Waals surface area contributed by atoms with Crippen molar-refractivity contribution in [3.63, 3.8) is 0 Å². The van der Waals surface area contributed by atoms with Crippen LogP contribution in [0.15, 0.2) is 18.2 Å². The average Bonchev–Trinajstić information content (AvgIpc) is 2.97. The van der Waals surface area contributed by atoms with Crippen molar-refractivity contribution in [3.8, 4) is 0 Å². The van der Waals surface area contributed by atoms with Crippen molar-refractivity contribution in [3.05, 3.63) is 29.6 Å². The van der Waals surface area contributed by atoms with Crippen LogP contribution in [0.1, 0.15) is 30.6 Å². The Bertz CT molecular complexity index is 665. The number of rotatable bonds is 6. The Morgan fingerprint density at radius 1 is 1.46 bits per heavy atom. The summed E-state index contributed by atoms with van der Waals surface area (Å²) in [5.74, 6) is -2.62. The molecule has 0 radical (unpaired) electrons. The summed E-state index contributed by atoms with van der Waals surface area (Å²) < 4.78 is 14.2. The third-order valence-corrected chi connectivity index (χ3v) is 4.04. The van der Waals surface area contributed by atoms with Gasteiger partial charge in [-0.05, 0) is 31.5 Å². The Morgan fingerprint density at radius 3 is 2.71 bits per heavy atom. The van der Waals surface area contributed by atoms with Crippen molar-refractivity contribution >= 4 is 23.6 Å². The van der Waals surface area contributed by atoms with Gasteiger partial charge in [0.25, 0.3) is 5.91 Å². The lowest BCUT2D eigenvalue weighted by atomic mass is 10.1. The van der Waals surface area contributed by atoms with Gasteiger partial charge in [0, 0.05) is 24.8 Å². The third kappa shape index (κ3) is 3.64. The second-order valence-corrected chi connectivity index (χ2v) is 5.63. The predicted octanol–water partition coefficient (Wildman–Crippen LogP) is 1.68. The van der Waals surface area contributed by atoms with Crippen LogP contribution in [0.2, 0.25) is 0 Å². The fourth-order valence-electron chi connectivity index (χ4n) is 2.51. The average molecular weight is 337 g/mol. The molecule has 1 unspecified atom stereocenters. The van der Waals surface area contributed by atoms with Gasteiger partial charge in [-0.3, -0.25) is 14.5 Å². The number of hydrogen-bond donors (Lipinski definition) is 2. The molecule has 1 heterocycles. The normalized spacial score (nSPS) is 15.1. The molecule has 1 aliphatic rings. The summed E-state index contributed by atoms with van der Waals surface area (Å²) in [7, 11) is 0. The zero-order valence-electron chi connectivity index (χ0n) is 13.6. The zero-order valence-corrected chi connectivity index (χ0v) is 13.6. The standard InChI is InChI=1S/C16H20FN3O4/c1-3-10(2)20(9-14(21)22)15(23)12-8-11(4-5-13(12)17)19-7-6-18-16(19)24/h4-5,8,10H,3,6-7,9H2,1-2H3,(H,18,24)(H,21,22). The van der Waals surface area contributed by atoms with Crippen LogP contribution < -0.4 is 10.2 Å². The molecule has 0 bridgehead atoms. The first kappa shape index (κ1) is 17.7. The summed E-state index contributed by atoms with van der Waals surface area (Å²) in [6.45, 7) is 3.90. The highest BCUT2D eigenvalue weighted by Crippen LogP contribution is 2.22. The fourth-order valence-corrected chi connectivity index (χ4v) is 2.51. The number of anilines is 1. The number of carboxylic acids is 1. The number of benzene rings is 1. The van der Waals surface area contributed by atoms with Crippen LogP contribution in [-0.2, 0) is 4.79 Å². The highest BCUT2D eigenvalue weighted by Gasteiger charge is 2.27. The van der Waals surface area contributed by atoms with Crippen LogP contribution in [0.4, 0.5) is 14.9 Å². The van der Waals surface area contributed by atoms with Crippen LogP contribution in [0.25, 0.3) is 0 Å². The van der Waals surface area contributed by atoms with Crippen LogP contribution in [0.3, 0.4) is 0 Å². The van der Waals surface area contributed by atoms with E-state index in [4.69, 9.17) is 5.11 Å². The largest absolute Gasteiger partial charge is 0.480 e. The summed E-state index contributed by atoms with van der Waals surface area (Å²) in [5.41, 5.74) is 0.155. The van der Waals surface area contributed by atoms with E-state index in [0.29, 0.717) is 25.2 Å². The van der Waals surface area contributed by atoms with Crippen LogP contribution >= 0.6 is 0 Å². The topological polar surface area (TPSA) is 90.0 Å². The number of carboxylic acid groups (broad SMARTS) is 1. The number of amides is 3. The van der Waals surface area contributed by atoms with Gasteiger partial charge in [-0.1, -0.05) is 6.92 Å². The number of aliphatic carboxylic acids is 1. The number of urea groups is 1. The number of halogens is 1. The highest BCUT2D eigenvalue weighted by molar-refractivity contribution is 5.99. The molecule has 1 aromatic rings. The van der Waals surface area contributed by atoms with Crippen molar-refractivity contribution in [2.75, 3.05) is 24.5 Å². The molecule has 0 aromatic heterocycles. The molecule has 1 saturated heterocycles. The molecule has 7 nitrogen and oxygen atoms in total. The molecule has 24 heavy (non-hydrogen) atoms. The molecule has 0 saturated carbocycles. The molecule has 0 spiro atoms. The van der Waals surface area contributed by atoms with Gasteiger partial charge < -0.3 is 15.3 Å². The smallest absolute Gasteiger partial charge is 0.323 e. The van der Waals surface area contributed by atoms with E-state index >= 15 is 0 Å². The zero-order chi connectivity index (χ0) is 17.9. The first-order valence-corrected chi connectivity index (χ1v) is 7.72. The van der Waals surface area contributed by atoms with Gasteiger partial charge in [0.05, 0.1) is 5.56 Å². The Kier molecular flexibility index (Phi) is 5.38. The van der Waals surface area contributed by atoms with Gasteiger partial charge in [-0.2, -0.15) is 0 Å². The van der Waals surface area contributed by atoms with Crippen molar-refractivity contribution in [1.82, 2.24) is 10.2 Å². The minimum atomic E-state index is -1.17. The quantitative estimate of drug-likeness (QED) is 0.826. The maximum absolute atomic E-state index is 14.2. The summed E-state index contributed by atoms with van der Waals surface area (Å²) in [6, 6.07) is 3.15. The molecule has 1 fully saturated rings. The minimum absolute atomic E-state index is 0.242. The third-order valence-electron chi connectivity index (χ3n) is 4.04. The first-order valence-electron chi connectivity index (χ1n) is 7.72. The number of nitrogens with one attached hydrogen (secondary N) is 1. The van der Waals surface area contributed by atoms with E-state index < -0.39 is 24.2 Å². The molecule has 8 heteroatoms. The summed E-state index contributed by atoms with van der Waals surface area (Å²) >= 11 is 0. The first-order chi connectivity index (χ1) is 11.3. The lowest BCUT2D eigenvalue weighted by Gasteiger charge is -2.27. The lowest BCUT2D eigenvalue weighted by Crippen LogP contribution is -2.42. The highest BCUT2D eigenvalue weighted by atomic mass is 19.1. The van der Waals surface area contributed by atoms with Gasteiger partial charge in [0.1, 0.15) is 12.4 Å². The molecule has 3 amide bonds. The molecule has 130 valence electrons. The van der Waals surface area contributed by atoms with E-state index in [0.717, 1.165) is 11.0 Å². The van der Waals surface area contributed by atoms with E-state index in [1.165, 1.54) is 17.0 Å². The van der Waals surface area contributed by atoms with Crippen LogP contribution in [0, 0.1) is 5.82 Å². The Labute approximate surface area is 139 Å². The minimum Gasteiger partial charge on any atom is -0.480 e. The van der Waals surface area contributed by atoms with Crippen molar-refractivity contribution in [2.24, 2.45) is 0 Å². The summed E-state index contributed by atoms with van der Waals surface area (Å²) in [6.07, 6.45) is 0.537. The second-order valence-electron chi connectivity index (χ2n) is 5.63.